The molecule has 0 bridgehead atoms. The molecule has 0 saturated heterocycles. The van der Waals surface area contributed by atoms with Gasteiger partial charge in [-0.3, -0.25) is 4.79 Å². The van der Waals surface area contributed by atoms with E-state index in [9.17, 15) is 9.90 Å². The average molecular weight is 259 g/mol. The largest absolute Gasteiger partial charge is 0.508 e. The first-order valence-corrected chi connectivity index (χ1v) is 4.94. The highest BCUT2D eigenvalue weighted by Gasteiger charge is 2.20. The minimum Gasteiger partial charge on any atom is -0.508 e. The SMILES string of the molecule is Cc1cc(O)c(C(C)C(=O)O)c(Br)c1. The minimum absolute atomic E-state index is 0.0202. The number of phenolic OH excluding ortho intramolecular Hbond substituents is 1. The molecule has 0 spiro atoms. The number of rotatable bonds is 2. The van der Waals surface area contributed by atoms with Crippen molar-refractivity contribution >= 4 is 21.9 Å². The highest BCUT2D eigenvalue weighted by molar-refractivity contribution is 9.10. The molecular formula is C10H11BrO3. The van der Waals surface area contributed by atoms with Crippen LogP contribution >= 0.6 is 15.9 Å². The van der Waals surface area contributed by atoms with E-state index >= 15 is 0 Å². The second kappa shape index (κ2) is 4.00. The molecule has 2 N–H and O–H groups in total. The lowest BCUT2D eigenvalue weighted by atomic mass is 9.99. The summed E-state index contributed by atoms with van der Waals surface area (Å²) in [6, 6.07) is 3.34. The number of hydrogen-bond donors (Lipinski definition) is 2. The molecule has 1 aromatic rings. The first-order valence-electron chi connectivity index (χ1n) is 4.15. The van der Waals surface area contributed by atoms with Crippen molar-refractivity contribution in [1.82, 2.24) is 0 Å². The standard InChI is InChI=1S/C10H11BrO3/c1-5-3-7(11)9(8(12)4-5)6(2)10(13)14/h3-4,6,12H,1-2H3,(H,13,14). The van der Waals surface area contributed by atoms with E-state index in [1.54, 1.807) is 12.1 Å². The number of carbonyl (C=O) groups is 1. The molecular weight excluding hydrogens is 248 g/mol. The van der Waals surface area contributed by atoms with Crippen LogP contribution in [-0.2, 0) is 4.79 Å². The van der Waals surface area contributed by atoms with E-state index in [1.807, 2.05) is 6.92 Å². The van der Waals surface area contributed by atoms with Crippen LogP contribution < -0.4 is 0 Å². The lowest BCUT2D eigenvalue weighted by Crippen LogP contribution is -2.08. The fraction of sp³-hybridized carbons (Fsp3) is 0.300. The van der Waals surface area contributed by atoms with E-state index < -0.39 is 11.9 Å². The predicted molar refractivity (Wildman–Crippen MR) is 56.6 cm³/mol. The molecule has 1 unspecified atom stereocenters. The summed E-state index contributed by atoms with van der Waals surface area (Å²) in [7, 11) is 0. The summed E-state index contributed by atoms with van der Waals surface area (Å²) in [6.45, 7) is 3.37. The molecule has 14 heavy (non-hydrogen) atoms. The third-order valence-corrected chi connectivity index (χ3v) is 2.71. The molecule has 0 amide bonds. The highest BCUT2D eigenvalue weighted by atomic mass is 79.9. The summed E-state index contributed by atoms with van der Waals surface area (Å²) in [5, 5.41) is 18.4. The van der Waals surface area contributed by atoms with Gasteiger partial charge in [-0.25, -0.2) is 0 Å². The fourth-order valence-corrected chi connectivity index (χ4v) is 2.19. The number of carboxylic acid groups (broad SMARTS) is 1. The fourth-order valence-electron chi connectivity index (χ4n) is 1.29. The molecule has 1 rings (SSSR count). The van der Waals surface area contributed by atoms with Gasteiger partial charge in [0.25, 0.3) is 0 Å². The molecule has 0 aliphatic carbocycles. The Hall–Kier alpha value is -1.03. The summed E-state index contributed by atoms with van der Waals surface area (Å²) in [6.07, 6.45) is 0. The van der Waals surface area contributed by atoms with Gasteiger partial charge in [0, 0.05) is 10.0 Å². The summed E-state index contributed by atoms with van der Waals surface area (Å²) in [4.78, 5) is 10.8. The molecule has 0 radical (unpaired) electrons. The van der Waals surface area contributed by atoms with Crippen LogP contribution in [0, 0.1) is 6.92 Å². The van der Waals surface area contributed by atoms with Crippen LogP contribution in [0.15, 0.2) is 16.6 Å². The van der Waals surface area contributed by atoms with Crippen LogP contribution in [0.25, 0.3) is 0 Å². The van der Waals surface area contributed by atoms with Crippen molar-refractivity contribution < 1.29 is 15.0 Å². The predicted octanol–water partition coefficient (Wildman–Crippen LogP) is 2.65. The Morgan fingerprint density at radius 3 is 2.50 bits per heavy atom. The van der Waals surface area contributed by atoms with Gasteiger partial charge in [-0.15, -0.1) is 0 Å². The van der Waals surface area contributed by atoms with E-state index in [-0.39, 0.29) is 5.75 Å². The molecule has 0 aliphatic heterocycles. The Balaban J connectivity index is 3.27. The molecule has 1 atom stereocenters. The first kappa shape index (κ1) is 11.0. The zero-order valence-corrected chi connectivity index (χ0v) is 9.50. The Morgan fingerprint density at radius 1 is 1.50 bits per heavy atom. The van der Waals surface area contributed by atoms with Gasteiger partial charge < -0.3 is 10.2 Å². The van der Waals surface area contributed by atoms with E-state index in [0.717, 1.165) is 5.56 Å². The molecule has 0 fully saturated rings. The Bertz CT molecular complexity index is 351. The number of hydrogen-bond acceptors (Lipinski definition) is 2. The summed E-state index contributed by atoms with van der Waals surface area (Å²) in [5.41, 5.74) is 1.30. The van der Waals surface area contributed by atoms with E-state index in [4.69, 9.17) is 5.11 Å². The number of benzene rings is 1. The van der Waals surface area contributed by atoms with Crippen LogP contribution in [0.1, 0.15) is 24.0 Å². The summed E-state index contributed by atoms with van der Waals surface area (Å²) < 4.78 is 0.630. The normalized spacial score (nSPS) is 12.5. The van der Waals surface area contributed by atoms with Gasteiger partial charge in [-0.05, 0) is 31.5 Å². The highest BCUT2D eigenvalue weighted by Crippen LogP contribution is 2.34. The maximum atomic E-state index is 10.8. The third-order valence-electron chi connectivity index (χ3n) is 2.06. The monoisotopic (exact) mass is 258 g/mol. The molecule has 0 heterocycles. The second-order valence-electron chi connectivity index (χ2n) is 3.24. The van der Waals surface area contributed by atoms with E-state index in [2.05, 4.69) is 15.9 Å². The average Bonchev–Trinajstić information content (AvgIpc) is 2.01. The quantitative estimate of drug-likeness (QED) is 0.858. The maximum absolute atomic E-state index is 10.8. The molecule has 76 valence electrons. The zero-order chi connectivity index (χ0) is 10.9. The van der Waals surface area contributed by atoms with Crippen molar-refractivity contribution in [3.63, 3.8) is 0 Å². The van der Waals surface area contributed by atoms with E-state index in [1.165, 1.54) is 6.92 Å². The van der Waals surface area contributed by atoms with Gasteiger partial charge in [-0.2, -0.15) is 0 Å². The van der Waals surface area contributed by atoms with Gasteiger partial charge in [-0.1, -0.05) is 15.9 Å². The number of halogens is 1. The number of phenols is 1. The van der Waals surface area contributed by atoms with Crippen LogP contribution in [0.2, 0.25) is 0 Å². The second-order valence-corrected chi connectivity index (χ2v) is 4.09. The molecule has 3 nitrogen and oxygen atoms in total. The van der Waals surface area contributed by atoms with Crippen LogP contribution in [-0.4, -0.2) is 16.2 Å². The van der Waals surface area contributed by atoms with Crippen molar-refractivity contribution in [2.75, 3.05) is 0 Å². The lowest BCUT2D eigenvalue weighted by Gasteiger charge is -2.12. The molecule has 1 aromatic carbocycles. The van der Waals surface area contributed by atoms with Crippen LogP contribution in [0.3, 0.4) is 0 Å². The van der Waals surface area contributed by atoms with Crippen molar-refractivity contribution in [3.05, 3.63) is 27.7 Å². The van der Waals surface area contributed by atoms with Crippen LogP contribution in [0.4, 0.5) is 0 Å². The van der Waals surface area contributed by atoms with Gasteiger partial charge in [0.05, 0.1) is 5.92 Å². The van der Waals surface area contributed by atoms with Crippen molar-refractivity contribution in [1.29, 1.82) is 0 Å². The lowest BCUT2D eigenvalue weighted by molar-refractivity contribution is -0.138. The van der Waals surface area contributed by atoms with Crippen molar-refractivity contribution in [2.45, 2.75) is 19.8 Å². The van der Waals surface area contributed by atoms with Gasteiger partial charge in [0.1, 0.15) is 5.75 Å². The molecule has 0 aromatic heterocycles. The minimum atomic E-state index is -0.954. The van der Waals surface area contributed by atoms with Gasteiger partial charge >= 0.3 is 5.97 Å². The Labute approximate surface area is 90.5 Å². The maximum Gasteiger partial charge on any atom is 0.310 e. The number of aromatic hydroxyl groups is 1. The number of aryl methyl sites for hydroxylation is 1. The smallest absolute Gasteiger partial charge is 0.310 e. The Morgan fingerprint density at radius 2 is 2.07 bits per heavy atom. The van der Waals surface area contributed by atoms with Gasteiger partial charge in [0.15, 0.2) is 0 Å². The molecule has 4 heteroatoms. The molecule has 0 aliphatic rings. The first-order chi connectivity index (χ1) is 6.43. The summed E-state index contributed by atoms with van der Waals surface area (Å²) in [5.74, 6) is -1.65. The van der Waals surface area contributed by atoms with Crippen molar-refractivity contribution in [3.8, 4) is 5.75 Å². The molecule has 0 saturated carbocycles. The Kier molecular flexibility index (Phi) is 3.16. The zero-order valence-electron chi connectivity index (χ0n) is 7.91. The topological polar surface area (TPSA) is 57.5 Å². The third kappa shape index (κ3) is 2.07. The van der Waals surface area contributed by atoms with Gasteiger partial charge in [0.2, 0.25) is 0 Å². The van der Waals surface area contributed by atoms with Crippen molar-refractivity contribution in [2.24, 2.45) is 0 Å². The number of aliphatic carboxylic acids is 1. The van der Waals surface area contributed by atoms with E-state index in [0.29, 0.717) is 10.0 Å². The summed E-state index contributed by atoms with van der Waals surface area (Å²) >= 11 is 3.24. The number of carboxylic acids is 1. The van der Waals surface area contributed by atoms with Crippen LogP contribution in [0.5, 0.6) is 5.75 Å².